The highest BCUT2D eigenvalue weighted by atomic mass is 79.9. The standard InChI is InChI=1S/C10H10BrF2N5O/c1-17-15-6-18(16-17)5-9(19)10(12,13)8-3-2-7(11)4-14-8/h2-4,6,16H,5H2,1H3. The normalized spacial score (nSPS) is 15.2. The van der Waals surface area contributed by atoms with E-state index in [-0.39, 0.29) is 0 Å². The second-order valence-electron chi connectivity index (χ2n) is 3.84. The third kappa shape index (κ3) is 3.04. The summed E-state index contributed by atoms with van der Waals surface area (Å²) in [6.45, 7) is -0.515. The van der Waals surface area contributed by atoms with Crippen LogP contribution >= 0.6 is 15.9 Å². The number of nitrogens with zero attached hydrogens (tertiary/aromatic N) is 4. The van der Waals surface area contributed by atoms with Gasteiger partial charge in [0.2, 0.25) is 5.78 Å². The lowest BCUT2D eigenvalue weighted by Gasteiger charge is -2.19. The molecule has 1 N–H and O–H groups in total. The maximum Gasteiger partial charge on any atom is 0.348 e. The number of alkyl halides is 2. The topological polar surface area (TPSA) is 60.8 Å². The smallest absolute Gasteiger partial charge is 0.290 e. The predicted molar refractivity (Wildman–Crippen MR) is 66.9 cm³/mol. The summed E-state index contributed by atoms with van der Waals surface area (Å²) < 4.78 is 28.3. The summed E-state index contributed by atoms with van der Waals surface area (Å²) in [5.41, 5.74) is 2.00. The summed E-state index contributed by atoms with van der Waals surface area (Å²) >= 11 is 3.09. The number of aromatic nitrogens is 1. The Kier molecular flexibility index (Phi) is 3.76. The Bertz CT molecular complexity index is 507. The van der Waals surface area contributed by atoms with Crippen molar-refractivity contribution in [1.29, 1.82) is 0 Å². The van der Waals surface area contributed by atoms with Gasteiger partial charge in [-0.1, -0.05) is 0 Å². The highest BCUT2D eigenvalue weighted by Crippen LogP contribution is 2.28. The van der Waals surface area contributed by atoms with Crippen LogP contribution in [0.2, 0.25) is 0 Å². The summed E-state index contributed by atoms with van der Waals surface area (Å²) in [5.74, 6) is -4.91. The maximum atomic E-state index is 13.9. The molecule has 0 radical (unpaired) electrons. The third-order valence-corrected chi connectivity index (χ3v) is 2.82. The number of Topliss-reactive ketones (excluding diaryl/α,β-unsaturated/α-hetero) is 1. The molecule has 0 atom stereocenters. The van der Waals surface area contributed by atoms with Gasteiger partial charge in [0.1, 0.15) is 18.6 Å². The van der Waals surface area contributed by atoms with Crippen molar-refractivity contribution in [3.05, 3.63) is 28.5 Å². The Morgan fingerprint density at radius 3 is 2.79 bits per heavy atom. The molecular formula is C10H10BrF2N5O. The zero-order valence-corrected chi connectivity index (χ0v) is 11.4. The van der Waals surface area contributed by atoms with Gasteiger partial charge in [-0.25, -0.2) is 5.12 Å². The monoisotopic (exact) mass is 333 g/mol. The van der Waals surface area contributed by atoms with Crippen LogP contribution in [0.5, 0.6) is 0 Å². The molecule has 1 aromatic heterocycles. The molecule has 1 aliphatic heterocycles. The molecule has 6 nitrogen and oxygen atoms in total. The first-order chi connectivity index (χ1) is 8.89. The lowest BCUT2D eigenvalue weighted by molar-refractivity contribution is -0.146. The third-order valence-electron chi connectivity index (χ3n) is 2.35. The number of carbonyl (C=O) groups excluding carboxylic acids is 1. The highest BCUT2D eigenvalue weighted by Gasteiger charge is 2.42. The Balaban J connectivity index is 2.08. The van der Waals surface area contributed by atoms with Gasteiger partial charge < -0.3 is 0 Å². The van der Waals surface area contributed by atoms with E-state index in [0.717, 1.165) is 11.1 Å². The van der Waals surface area contributed by atoms with Gasteiger partial charge >= 0.3 is 5.92 Å². The molecule has 0 fully saturated rings. The van der Waals surface area contributed by atoms with E-state index in [0.29, 0.717) is 4.47 Å². The molecule has 1 aliphatic rings. The van der Waals surface area contributed by atoms with E-state index in [1.807, 2.05) is 0 Å². The first kappa shape index (κ1) is 13.8. The summed E-state index contributed by atoms with van der Waals surface area (Å²) in [6, 6.07) is 2.52. The van der Waals surface area contributed by atoms with Gasteiger partial charge in [-0.15, -0.1) is 10.6 Å². The van der Waals surface area contributed by atoms with Crippen LogP contribution < -0.4 is 5.53 Å². The van der Waals surface area contributed by atoms with Gasteiger partial charge in [-0.2, -0.15) is 8.78 Å². The average Bonchev–Trinajstić information content (AvgIpc) is 2.75. The second kappa shape index (κ2) is 5.17. The molecule has 0 saturated heterocycles. The van der Waals surface area contributed by atoms with Crippen molar-refractivity contribution in [3.8, 4) is 0 Å². The Morgan fingerprint density at radius 2 is 2.26 bits per heavy atom. The van der Waals surface area contributed by atoms with Gasteiger partial charge in [-0.3, -0.25) is 14.8 Å². The van der Waals surface area contributed by atoms with E-state index in [2.05, 4.69) is 31.6 Å². The first-order valence-electron chi connectivity index (χ1n) is 5.23. The molecule has 2 rings (SSSR count). The molecule has 0 saturated carbocycles. The lowest BCUT2D eigenvalue weighted by atomic mass is 10.1. The molecule has 0 bridgehead atoms. The quantitative estimate of drug-likeness (QED) is 0.894. The number of hydrogen-bond donors (Lipinski definition) is 1. The first-order valence-corrected chi connectivity index (χ1v) is 6.03. The zero-order chi connectivity index (χ0) is 14.0. The Labute approximate surface area is 116 Å². The van der Waals surface area contributed by atoms with E-state index in [1.54, 1.807) is 7.05 Å². The van der Waals surface area contributed by atoms with E-state index in [4.69, 9.17) is 0 Å². The van der Waals surface area contributed by atoms with Crippen LogP contribution in [0, 0.1) is 0 Å². The van der Waals surface area contributed by atoms with Crippen LogP contribution in [0.1, 0.15) is 5.69 Å². The molecule has 0 spiro atoms. The lowest BCUT2D eigenvalue weighted by Crippen LogP contribution is -2.45. The number of carbonyl (C=O) groups is 1. The van der Waals surface area contributed by atoms with Crippen molar-refractivity contribution >= 4 is 28.1 Å². The molecule has 9 heteroatoms. The highest BCUT2D eigenvalue weighted by molar-refractivity contribution is 9.10. The summed E-state index contributed by atoms with van der Waals surface area (Å²) in [6.07, 6.45) is 2.48. The minimum absolute atomic E-state index is 0.515. The van der Waals surface area contributed by atoms with E-state index in [1.165, 1.54) is 23.7 Å². The molecule has 19 heavy (non-hydrogen) atoms. The van der Waals surface area contributed by atoms with Crippen molar-refractivity contribution in [3.63, 3.8) is 0 Å². The van der Waals surface area contributed by atoms with Crippen molar-refractivity contribution in [2.45, 2.75) is 5.92 Å². The van der Waals surface area contributed by atoms with Gasteiger partial charge in [0, 0.05) is 17.7 Å². The molecule has 0 unspecified atom stereocenters. The Hall–Kier alpha value is -1.61. The predicted octanol–water partition coefficient (Wildman–Crippen LogP) is 1.12. The largest absolute Gasteiger partial charge is 0.348 e. The van der Waals surface area contributed by atoms with Gasteiger partial charge in [-0.05, 0) is 28.1 Å². The second-order valence-corrected chi connectivity index (χ2v) is 4.76. The van der Waals surface area contributed by atoms with Crippen LogP contribution in [-0.2, 0) is 10.7 Å². The molecule has 1 aromatic rings. The summed E-state index contributed by atoms with van der Waals surface area (Å²) in [7, 11) is 1.58. The fourth-order valence-corrected chi connectivity index (χ4v) is 1.65. The number of hydrazine groups is 2. The number of ketones is 1. The minimum Gasteiger partial charge on any atom is -0.290 e. The fourth-order valence-electron chi connectivity index (χ4n) is 1.41. The van der Waals surface area contributed by atoms with Crippen LogP contribution in [0.15, 0.2) is 27.9 Å². The number of hydrogen-bond acceptors (Lipinski definition) is 6. The fraction of sp³-hybridized carbons (Fsp3) is 0.300. The van der Waals surface area contributed by atoms with Crippen molar-refractivity contribution in [2.24, 2.45) is 5.10 Å². The Morgan fingerprint density at radius 1 is 1.53 bits per heavy atom. The van der Waals surface area contributed by atoms with E-state index >= 15 is 0 Å². The van der Waals surface area contributed by atoms with Crippen molar-refractivity contribution in [2.75, 3.05) is 13.6 Å². The van der Waals surface area contributed by atoms with Crippen LogP contribution in [0.3, 0.4) is 0 Å². The molecule has 2 heterocycles. The summed E-state index contributed by atoms with van der Waals surface area (Å²) in [5, 5.41) is 6.20. The average molecular weight is 334 g/mol. The molecule has 0 aliphatic carbocycles. The zero-order valence-electron chi connectivity index (χ0n) is 9.85. The van der Waals surface area contributed by atoms with Crippen molar-refractivity contribution < 1.29 is 13.6 Å². The van der Waals surface area contributed by atoms with E-state index in [9.17, 15) is 13.6 Å². The van der Waals surface area contributed by atoms with Gasteiger partial charge in [0.05, 0.1) is 0 Å². The number of halogens is 3. The van der Waals surface area contributed by atoms with Crippen LogP contribution in [0.4, 0.5) is 8.78 Å². The number of hydrazone groups is 1. The number of nitrogens with one attached hydrogen (secondary N) is 1. The van der Waals surface area contributed by atoms with Crippen LogP contribution in [-0.4, -0.2) is 40.8 Å². The minimum atomic E-state index is -3.64. The van der Waals surface area contributed by atoms with Gasteiger partial charge in [0.25, 0.3) is 0 Å². The van der Waals surface area contributed by atoms with E-state index < -0.39 is 23.9 Å². The molecule has 0 aromatic carbocycles. The molecule has 0 amide bonds. The number of rotatable bonds is 4. The number of pyridine rings is 1. The SMILES string of the molecule is CN1N=CN(CC(=O)C(F)(F)c2ccc(Br)cn2)N1. The molecule has 102 valence electrons. The van der Waals surface area contributed by atoms with Crippen molar-refractivity contribution in [1.82, 2.24) is 20.6 Å². The summed E-state index contributed by atoms with van der Waals surface area (Å²) in [4.78, 5) is 15.2. The molecular weight excluding hydrogens is 324 g/mol. The maximum absolute atomic E-state index is 13.9. The van der Waals surface area contributed by atoms with Crippen LogP contribution in [0.25, 0.3) is 0 Å². The van der Waals surface area contributed by atoms with Gasteiger partial charge in [0.15, 0.2) is 0 Å².